The third-order valence-corrected chi connectivity index (χ3v) is 4.52. The maximum atomic E-state index is 11.5. The number of carbonyl (C=O) groups is 2. The molecule has 0 spiro atoms. The minimum absolute atomic E-state index is 0.146. The Balaban J connectivity index is 1.62. The molecule has 1 aliphatic rings. The van der Waals surface area contributed by atoms with Crippen molar-refractivity contribution in [1.82, 2.24) is 9.88 Å². The number of nitrogens with zero attached hydrogens (tertiary/aromatic N) is 2. The number of hydrogen-bond acceptors (Lipinski definition) is 4. The highest BCUT2D eigenvalue weighted by atomic mass is 35.5. The van der Waals surface area contributed by atoms with E-state index in [2.05, 4.69) is 4.98 Å². The van der Waals surface area contributed by atoms with E-state index in [1.165, 1.54) is 4.90 Å². The fourth-order valence-electron chi connectivity index (χ4n) is 2.45. The molecule has 2 heterocycles. The number of likely N-dealkylation sites (tertiary alicyclic amines) is 1. The van der Waals surface area contributed by atoms with Crippen molar-refractivity contribution in [3.05, 3.63) is 46.6 Å². The molecule has 124 valence electrons. The standard InChI is InChI=1S/C17H14Cl2N2O3/c18-13-3-1-2-12(17(13)19)14-5-4-11(10-20-14)24-9-8-21-15(22)6-7-16(21)23/h1-5,10H,6-9H2. The summed E-state index contributed by atoms with van der Waals surface area (Å²) in [4.78, 5) is 28.5. The van der Waals surface area contributed by atoms with Crippen molar-refractivity contribution in [2.24, 2.45) is 0 Å². The zero-order valence-electron chi connectivity index (χ0n) is 12.7. The predicted octanol–water partition coefficient (Wildman–Crippen LogP) is 3.58. The molecule has 7 heteroatoms. The van der Waals surface area contributed by atoms with Gasteiger partial charge in [0.2, 0.25) is 11.8 Å². The molecule has 1 saturated heterocycles. The van der Waals surface area contributed by atoms with E-state index < -0.39 is 0 Å². The van der Waals surface area contributed by atoms with Crippen LogP contribution in [0.25, 0.3) is 11.3 Å². The smallest absolute Gasteiger partial charge is 0.229 e. The molecule has 0 saturated carbocycles. The summed E-state index contributed by atoms with van der Waals surface area (Å²) in [5.74, 6) is 0.260. The Morgan fingerprint density at radius 2 is 1.83 bits per heavy atom. The van der Waals surface area contributed by atoms with Crippen molar-refractivity contribution in [3.8, 4) is 17.0 Å². The van der Waals surface area contributed by atoms with Gasteiger partial charge in [-0.1, -0.05) is 35.3 Å². The highest BCUT2D eigenvalue weighted by Crippen LogP contribution is 2.32. The van der Waals surface area contributed by atoms with Gasteiger partial charge in [-0.15, -0.1) is 0 Å². The van der Waals surface area contributed by atoms with Gasteiger partial charge in [0, 0.05) is 18.4 Å². The number of aromatic nitrogens is 1. The summed E-state index contributed by atoms with van der Waals surface area (Å²) < 4.78 is 5.54. The summed E-state index contributed by atoms with van der Waals surface area (Å²) in [5, 5.41) is 0.919. The summed E-state index contributed by atoms with van der Waals surface area (Å²) in [7, 11) is 0. The normalized spacial score (nSPS) is 14.3. The van der Waals surface area contributed by atoms with E-state index in [0.717, 1.165) is 5.56 Å². The molecule has 1 fully saturated rings. The lowest BCUT2D eigenvalue weighted by atomic mass is 10.1. The molecule has 1 aromatic heterocycles. The van der Waals surface area contributed by atoms with Crippen LogP contribution in [0.1, 0.15) is 12.8 Å². The van der Waals surface area contributed by atoms with Gasteiger partial charge in [-0.2, -0.15) is 0 Å². The Hall–Kier alpha value is -2.11. The van der Waals surface area contributed by atoms with Crippen molar-refractivity contribution in [2.75, 3.05) is 13.2 Å². The largest absolute Gasteiger partial charge is 0.490 e. The number of ether oxygens (including phenoxy) is 1. The molecule has 0 atom stereocenters. The number of pyridine rings is 1. The van der Waals surface area contributed by atoms with Crippen molar-refractivity contribution in [3.63, 3.8) is 0 Å². The van der Waals surface area contributed by atoms with Crippen LogP contribution in [-0.4, -0.2) is 34.8 Å². The monoisotopic (exact) mass is 364 g/mol. The first-order valence-corrected chi connectivity index (χ1v) is 8.18. The quantitative estimate of drug-likeness (QED) is 0.760. The second-order valence-electron chi connectivity index (χ2n) is 5.27. The minimum atomic E-state index is -0.146. The molecule has 1 aromatic carbocycles. The summed E-state index contributed by atoms with van der Waals surface area (Å²) in [6.07, 6.45) is 2.14. The van der Waals surface area contributed by atoms with Crippen molar-refractivity contribution >= 4 is 35.0 Å². The third-order valence-electron chi connectivity index (χ3n) is 3.70. The van der Waals surface area contributed by atoms with Gasteiger partial charge >= 0.3 is 0 Å². The maximum absolute atomic E-state index is 11.5. The predicted molar refractivity (Wildman–Crippen MR) is 91.1 cm³/mol. The highest BCUT2D eigenvalue weighted by molar-refractivity contribution is 6.43. The molecular formula is C17H14Cl2N2O3. The Kier molecular flexibility index (Phi) is 5.02. The van der Waals surface area contributed by atoms with Crippen LogP contribution in [0, 0.1) is 0 Å². The van der Waals surface area contributed by atoms with Crippen LogP contribution in [0.4, 0.5) is 0 Å². The van der Waals surface area contributed by atoms with Crippen LogP contribution >= 0.6 is 23.2 Å². The number of carbonyl (C=O) groups excluding carboxylic acids is 2. The molecule has 0 unspecified atom stereocenters. The second-order valence-corrected chi connectivity index (χ2v) is 6.05. The van der Waals surface area contributed by atoms with Gasteiger partial charge in [0.1, 0.15) is 12.4 Å². The number of benzene rings is 1. The molecule has 0 radical (unpaired) electrons. The summed E-state index contributed by atoms with van der Waals surface area (Å²) in [6, 6.07) is 8.89. The average molecular weight is 365 g/mol. The van der Waals surface area contributed by atoms with E-state index >= 15 is 0 Å². The van der Waals surface area contributed by atoms with Gasteiger partial charge in [0.15, 0.2) is 0 Å². The second kappa shape index (κ2) is 7.20. The van der Waals surface area contributed by atoms with Crippen molar-refractivity contribution in [2.45, 2.75) is 12.8 Å². The fraction of sp³-hybridized carbons (Fsp3) is 0.235. The summed E-state index contributed by atoms with van der Waals surface area (Å²) in [6.45, 7) is 0.482. The van der Waals surface area contributed by atoms with Gasteiger partial charge in [-0.3, -0.25) is 19.5 Å². The van der Waals surface area contributed by atoms with Gasteiger partial charge < -0.3 is 4.74 Å². The first-order valence-electron chi connectivity index (χ1n) is 7.42. The van der Waals surface area contributed by atoms with Gasteiger partial charge in [0.05, 0.1) is 28.5 Å². The van der Waals surface area contributed by atoms with Crippen LogP contribution < -0.4 is 4.74 Å². The first-order chi connectivity index (χ1) is 11.6. The van der Waals surface area contributed by atoms with Crippen molar-refractivity contribution < 1.29 is 14.3 Å². The fourth-order valence-corrected chi connectivity index (χ4v) is 2.85. The summed E-state index contributed by atoms with van der Waals surface area (Å²) >= 11 is 12.2. The molecule has 1 aliphatic heterocycles. The number of amides is 2. The lowest BCUT2D eigenvalue weighted by Crippen LogP contribution is -2.33. The Bertz CT molecular complexity index is 762. The lowest BCUT2D eigenvalue weighted by Gasteiger charge is -2.14. The van der Waals surface area contributed by atoms with E-state index in [-0.39, 0.29) is 37.8 Å². The van der Waals surface area contributed by atoms with Gasteiger partial charge in [0.25, 0.3) is 0 Å². The number of imide groups is 1. The SMILES string of the molecule is O=C1CCC(=O)N1CCOc1ccc(-c2cccc(Cl)c2Cl)nc1. The topological polar surface area (TPSA) is 59.5 Å². The number of hydrogen-bond donors (Lipinski definition) is 0. The number of halogens is 2. The van der Waals surface area contributed by atoms with E-state index in [4.69, 9.17) is 27.9 Å². The van der Waals surface area contributed by atoms with Crippen molar-refractivity contribution in [1.29, 1.82) is 0 Å². The molecule has 2 aromatic rings. The van der Waals surface area contributed by atoms with Crippen LogP contribution in [0.2, 0.25) is 10.0 Å². The lowest BCUT2D eigenvalue weighted by molar-refractivity contribution is -0.138. The van der Waals surface area contributed by atoms with Crippen LogP contribution in [0.5, 0.6) is 5.75 Å². The van der Waals surface area contributed by atoms with Gasteiger partial charge in [-0.25, -0.2) is 0 Å². The molecule has 5 nitrogen and oxygen atoms in total. The molecule has 0 aliphatic carbocycles. The molecule has 2 amide bonds. The van der Waals surface area contributed by atoms with Crippen LogP contribution in [-0.2, 0) is 9.59 Å². The first kappa shape index (κ1) is 16.7. The van der Waals surface area contributed by atoms with E-state index in [1.54, 1.807) is 30.5 Å². The van der Waals surface area contributed by atoms with Crippen LogP contribution in [0.15, 0.2) is 36.5 Å². The Labute approximate surface area is 149 Å². The third kappa shape index (κ3) is 3.52. The molecule has 3 rings (SSSR count). The number of rotatable bonds is 5. The average Bonchev–Trinajstić information content (AvgIpc) is 2.90. The molecule has 0 N–H and O–H groups in total. The van der Waals surface area contributed by atoms with E-state index in [0.29, 0.717) is 21.5 Å². The molecule has 24 heavy (non-hydrogen) atoms. The Morgan fingerprint density at radius 3 is 2.50 bits per heavy atom. The Morgan fingerprint density at radius 1 is 1.08 bits per heavy atom. The highest BCUT2D eigenvalue weighted by Gasteiger charge is 2.28. The van der Waals surface area contributed by atoms with E-state index in [9.17, 15) is 9.59 Å². The molecular weight excluding hydrogens is 351 g/mol. The van der Waals surface area contributed by atoms with Gasteiger partial charge in [-0.05, 0) is 18.2 Å². The summed E-state index contributed by atoms with van der Waals surface area (Å²) in [5.41, 5.74) is 1.42. The van der Waals surface area contributed by atoms with E-state index in [1.807, 2.05) is 6.07 Å². The van der Waals surface area contributed by atoms with Crippen LogP contribution in [0.3, 0.4) is 0 Å². The maximum Gasteiger partial charge on any atom is 0.229 e. The zero-order valence-corrected chi connectivity index (χ0v) is 14.2. The minimum Gasteiger partial charge on any atom is -0.490 e. The molecule has 0 bridgehead atoms. The zero-order chi connectivity index (χ0) is 17.1.